The molecule has 1 nitrogen and oxygen atoms in total. The van der Waals surface area contributed by atoms with Gasteiger partial charge in [-0.25, -0.2) is 0 Å². The summed E-state index contributed by atoms with van der Waals surface area (Å²) in [5, 5.41) is 2.57. The van der Waals surface area contributed by atoms with Crippen LogP contribution in [0.2, 0.25) is 0 Å². The molecule has 0 radical (unpaired) electrons. The van der Waals surface area contributed by atoms with Crippen molar-refractivity contribution in [1.82, 2.24) is 0 Å². The average Bonchev–Trinajstić information content (AvgIpc) is 3.18. The van der Waals surface area contributed by atoms with Gasteiger partial charge in [0.25, 0.3) is 0 Å². The summed E-state index contributed by atoms with van der Waals surface area (Å²) >= 11 is 2.03. The third-order valence-corrected chi connectivity index (χ3v) is 16.2. The number of anilines is 3. The largest absolute Gasteiger partial charge is 0.309 e. The van der Waals surface area contributed by atoms with E-state index < -0.39 is 0 Å². The van der Waals surface area contributed by atoms with Gasteiger partial charge >= 0.3 is 0 Å². The van der Waals surface area contributed by atoms with Crippen LogP contribution < -0.4 is 4.90 Å². The summed E-state index contributed by atoms with van der Waals surface area (Å²) < 4.78 is 0. The Morgan fingerprint density at radius 3 is 1.89 bits per heavy atom. The highest BCUT2D eigenvalue weighted by Gasteiger charge is 2.61. The number of hydrogen-bond acceptors (Lipinski definition) is 2. The number of nitrogens with zero attached hydrogens (tertiary/aromatic N) is 1. The Bertz CT molecular complexity index is 2420. The summed E-state index contributed by atoms with van der Waals surface area (Å²) in [4.78, 5) is 5.57. The van der Waals surface area contributed by atoms with Gasteiger partial charge in [0.05, 0.1) is 5.69 Å². The van der Waals surface area contributed by atoms with Crippen LogP contribution in [0.3, 0.4) is 0 Å². The van der Waals surface area contributed by atoms with Crippen molar-refractivity contribution in [2.45, 2.75) is 98.7 Å². The fourth-order valence-corrected chi connectivity index (χ4v) is 13.7. The molecule has 270 valence electrons. The highest BCUT2D eigenvalue weighted by atomic mass is 32.2. The zero-order valence-corrected chi connectivity index (χ0v) is 33.1. The van der Waals surface area contributed by atoms with Gasteiger partial charge in [-0.1, -0.05) is 124 Å². The maximum atomic E-state index is 2.62. The Morgan fingerprint density at radius 1 is 0.500 bits per heavy atom. The fourth-order valence-electron chi connectivity index (χ4n) is 12.4. The first-order chi connectivity index (χ1) is 26.2. The lowest BCUT2D eigenvalue weighted by molar-refractivity contribution is -0.0443. The topological polar surface area (TPSA) is 3.24 Å². The molecule has 0 unspecified atom stereocenters. The van der Waals surface area contributed by atoms with Crippen molar-refractivity contribution in [2.75, 3.05) is 4.90 Å². The van der Waals surface area contributed by atoms with E-state index in [2.05, 4.69) is 160 Å². The van der Waals surface area contributed by atoms with E-state index in [1.165, 1.54) is 105 Å². The molecule has 54 heavy (non-hydrogen) atoms. The van der Waals surface area contributed by atoms with E-state index in [9.17, 15) is 0 Å². The van der Waals surface area contributed by atoms with Crippen molar-refractivity contribution in [3.8, 4) is 11.1 Å². The van der Waals surface area contributed by atoms with E-state index in [1.807, 2.05) is 11.8 Å². The minimum Gasteiger partial charge on any atom is -0.309 e. The Morgan fingerprint density at radius 2 is 1.13 bits per heavy atom. The monoisotopic (exact) mass is 721 g/mol. The van der Waals surface area contributed by atoms with E-state index >= 15 is 0 Å². The maximum Gasteiger partial charge on any atom is 0.0604 e. The second-order valence-corrected chi connectivity index (χ2v) is 19.9. The minimum atomic E-state index is 0.105. The van der Waals surface area contributed by atoms with Gasteiger partial charge in [0.2, 0.25) is 0 Å². The minimum absolute atomic E-state index is 0.105. The van der Waals surface area contributed by atoms with Crippen molar-refractivity contribution in [1.29, 1.82) is 0 Å². The molecule has 1 heterocycles. The van der Waals surface area contributed by atoms with Crippen molar-refractivity contribution in [3.63, 3.8) is 0 Å². The Kier molecular flexibility index (Phi) is 7.27. The molecule has 6 aromatic carbocycles. The number of fused-ring (bicyclic) bond motifs is 4. The van der Waals surface area contributed by atoms with Crippen molar-refractivity contribution >= 4 is 39.6 Å². The van der Waals surface area contributed by atoms with Crippen LogP contribution >= 0.6 is 11.8 Å². The summed E-state index contributed by atoms with van der Waals surface area (Å²) in [5.41, 5.74) is 13.0. The highest BCUT2D eigenvalue weighted by Crippen LogP contribution is 2.69. The average molecular weight is 722 g/mol. The van der Waals surface area contributed by atoms with Crippen LogP contribution in [-0.2, 0) is 16.2 Å². The van der Waals surface area contributed by atoms with E-state index in [0.29, 0.717) is 0 Å². The summed E-state index contributed by atoms with van der Waals surface area (Å²) in [5.74, 6) is 3.30. The van der Waals surface area contributed by atoms with Crippen LogP contribution in [0.4, 0.5) is 17.1 Å². The quantitative estimate of drug-likeness (QED) is 0.178. The van der Waals surface area contributed by atoms with E-state index in [-0.39, 0.29) is 16.2 Å². The van der Waals surface area contributed by atoms with Gasteiger partial charge in [-0.2, -0.15) is 0 Å². The lowest BCUT2D eigenvalue weighted by Crippen LogP contribution is -2.57. The molecule has 1 spiro atoms. The molecule has 0 amide bonds. The van der Waals surface area contributed by atoms with Crippen molar-refractivity contribution in [3.05, 3.63) is 150 Å². The molecule has 0 aromatic heterocycles. The third-order valence-electron chi connectivity index (χ3n) is 15.0. The fraction of sp³-hybridized carbons (Fsp3) is 0.346. The molecule has 12 rings (SSSR count). The molecule has 4 saturated carbocycles. The Labute approximate surface area is 326 Å². The van der Waals surface area contributed by atoms with E-state index in [1.54, 1.807) is 11.1 Å². The van der Waals surface area contributed by atoms with Crippen LogP contribution in [0.1, 0.15) is 94.9 Å². The van der Waals surface area contributed by atoms with Crippen LogP contribution in [0.25, 0.3) is 21.9 Å². The predicted molar refractivity (Wildman–Crippen MR) is 228 cm³/mol. The first-order valence-corrected chi connectivity index (χ1v) is 21.5. The summed E-state index contributed by atoms with van der Waals surface area (Å²) in [6, 6.07) is 49.3. The molecule has 0 atom stereocenters. The second kappa shape index (κ2) is 11.9. The molecule has 2 heteroatoms. The molecule has 5 aliphatic carbocycles. The van der Waals surface area contributed by atoms with Gasteiger partial charge in [0.15, 0.2) is 0 Å². The first-order valence-electron chi connectivity index (χ1n) is 20.6. The maximum absolute atomic E-state index is 2.62. The summed E-state index contributed by atoms with van der Waals surface area (Å²) in [7, 11) is 0. The zero-order valence-electron chi connectivity index (χ0n) is 32.2. The standard InChI is InChI=1S/C52H51NS/c1-50(2)24-25-51(3,4)46-32-42(22-23-43(46)50)53(41-20-18-36(19-21-41)38-17-16-35-10-5-6-11-37(35)31-38)47-14-9-13-45-49(47)54-48-15-8-7-12-44(48)52(45)39-27-33-26-34(29-39)30-40(52)28-33/h5-23,31-34,39-40H,24-30H2,1-4H3. The smallest absolute Gasteiger partial charge is 0.0604 e. The number of hydrogen-bond donors (Lipinski definition) is 0. The molecule has 0 saturated heterocycles. The Balaban J connectivity index is 1.11. The molecule has 4 bridgehead atoms. The molecular formula is C52H51NS. The van der Waals surface area contributed by atoms with E-state index in [0.717, 1.165) is 23.7 Å². The predicted octanol–water partition coefficient (Wildman–Crippen LogP) is 14.5. The normalized spacial score (nSPS) is 26.7. The van der Waals surface area contributed by atoms with Crippen LogP contribution in [0.5, 0.6) is 0 Å². The van der Waals surface area contributed by atoms with Crippen molar-refractivity contribution < 1.29 is 0 Å². The first kappa shape index (κ1) is 33.1. The van der Waals surface area contributed by atoms with Gasteiger partial charge in [-0.15, -0.1) is 0 Å². The number of benzene rings is 6. The lowest BCUT2D eigenvalue weighted by Gasteiger charge is -2.63. The summed E-state index contributed by atoms with van der Waals surface area (Å²) in [6.45, 7) is 9.80. The van der Waals surface area contributed by atoms with Crippen molar-refractivity contribution in [2.24, 2.45) is 23.7 Å². The van der Waals surface area contributed by atoms with Gasteiger partial charge in [-0.3, -0.25) is 0 Å². The van der Waals surface area contributed by atoms with Gasteiger partial charge < -0.3 is 4.90 Å². The Hall–Kier alpha value is -4.27. The summed E-state index contributed by atoms with van der Waals surface area (Å²) in [6.07, 6.45) is 9.48. The highest BCUT2D eigenvalue weighted by molar-refractivity contribution is 7.99. The van der Waals surface area contributed by atoms with E-state index in [4.69, 9.17) is 0 Å². The zero-order chi connectivity index (χ0) is 36.4. The van der Waals surface area contributed by atoms with Gasteiger partial charge in [0.1, 0.15) is 0 Å². The lowest BCUT2D eigenvalue weighted by atomic mass is 9.42. The molecule has 6 aromatic rings. The molecule has 0 N–H and O–H groups in total. The van der Waals surface area contributed by atoms with Crippen LogP contribution in [0.15, 0.2) is 137 Å². The van der Waals surface area contributed by atoms with Crippen LogP contribution in [-0.4, -0.2) is 0 Å². The second-order valence-electron chi connectivity index (χ2n) is 18.9. The third kappa shape index (κ3) is 4.84. The molecular weight excluding hydrogens is 671 g/mol. The number of rotatable bonds is 4. The van der Waals surface area contributed by atoms with Gasteiger partial charge in [-0.05, 0) is 166 Å². The SMILES string of the molecule is CC1(C)CCC(C)(C)c2cc(N(c3ccc(-c4ccc5ccccc5c4)cc3)c3cccc4c3Sc3ccccc3C43C4CC5CC(C4)CC3C5)ccc21. The van der Waals surface area contributed by atoms with Gasteiger partial charge in [0, 0.05) is 26.6 Å². The van der Waals surface area contributed by atoms with Crippen LogP contribution in [0, 0.1) is 23.7 Å². The molecule has 6 aliphatic rings. The molecule has 1 aliphatic heterocycles. The molecule has 4 fully saturated rings.